The van der Waals surface area contributed by atoms with E-state index in [1.807, 2.05) is 0 Å². The molecular weight excluding hydrogens is 204 g/mol. The van der Waals surface area contributed by atoms with Gasteiger partial charge in [-0.2, -0.15) is 0 Å². The molecule has 1 aliphatic carbocycles. The summed E-state index contributed by atoms with van der Waals surface area (Å²) in [4.78, 5) is 24.2. The van der Waals surface area contributed by atoms with Crippen molar-refractivity contribution in [1.29, 1.82) is 0 Å². The second-order valence-corrected chi connectivity index (χ2v) is 4.88. The lowest BCUT2D eigenvalue weighted by Crippen LogP contribution is -2.49. The molecule has 0 aromatic rings. The Morgan fingerprint density at radius 2 is 1.94 bits per heavy atom. The van der Waals surface area contributed by atoms with Gasteiger partial charge in [0.15, 0.2) is 0 Å². The van der Waals surface area contributed by atoms with Gasteiger partial charge in [-0.05, 0) is 12.3 Å². The van der Waals surface area contributed by atoms with Gasteiger partial charge in [-0.15, -0.1) is 0 Å². The van der Waals surface area contributed by atoms with Crippen LogP contribution in [0.25, 0.3) is 0 Å². The molecule has 0 aromatic heterocycles. The highest BCUT2D eigenvalue weighted by atomic mass is 16.2. The first-order chi connectivity index (χ1) is 7.75. The molecule has 1 aliphatic heterocycles. The lowest BCUT2D eigenvalue weighted by Gasteiger charge is -2.29. The van der Waals surface area contributed by atoms with E-state index < -0.39 is 0 Å². The molecule has 1 N–H and O–H groups in total. The molecule has 4 heteroatoms. The van der Waals surface area contributed by atoms with Crippen LogP contribution in [0.4, 0.5) is 4.79 Å². The van der Waals surface area contributed by atoms with Gasteiger partial charge in [0.2, 0.25) is 5.91 Å². The molecule has 4 nitrogen and oxygen atoms in total. The molecular formula is C12H20N2O2. The lowest BCUT2D eigenvalue weighted by molar-refractivity contribution is -0.121. The number of carbonyl (C=O) groups excluding carboxylic acids is 2. The van der Waals surface area contributed by atoms with Gasteiger partial charge in [-0.3, -0.25) is 10.1 Å². The number of urea groups is 1. The van der Waals surface area contributed by atoms with Gasteiger partial charge in [-0.25, -0.2) is 4.79 Å². The fourth-order valence-electron chi connectivity index (χ4n) is 2.63. The molecule has 0 bridgehead atoms. The van der Waals surface area contributed by atoms with E-state index >= 15 is 0 Å². The second-order valence-electron chi connectivity index (χ2n) is 4.88. The number of nitrogens with one attached hydrogen (secondary N) is 1. The summed E-state index contributed by atoms with van der Waals surface area (Å²) in [6, 6.07) is -0.202. The Hall–Kier alpha value is -1.06. The smallest absolute Gasteiger partial charge is 0.324 e. The molecule has 0 spiro atoms. The summed E-state index contributed by atoms with van der Waals surface area (Å²) >= 11 is 0. The largest absolute Gasteiger partial charge is 0.324 e. The summed E-state index contributed by atoms with van der Waals surface area (Å²) in [5, 5.41) is 2.37. The van der Waals surface area contributed by atoms with Crippen LogP contribution in [0.2, 0.25) is 0 Å². The van der Waals surface area contributed by atoms with E-state index in [0.717, 1.165) is 18.9 Å². The van der Waals surface area contributed by atoms with Gasteiger partial charge in [0.05, 0.1) is 0 Å². The van der Waals surface area contributed by atoms with Crippen LogP contribution in [0.1, 0.15) is 44.9 Å². The molecule has 16 heavy (non-hydrogen) atoms. The number of carbonyl (C=O) groups is 2. The molecule has 0 atom stereocenters. The first-order valence-corrected chi connectivity index (χ1v) is 6.34. The Morgan fingerprint density at radius 1 is 1.19 bits per heavy atom. The van der Waals surface area contributed by atoms with Crippen molar-refractivity contribution in [1.82, 2.24) is 10.2 Å². The third-order valence-electron chi connectivity index (χ3n) is 3.67. The molecule has 0 aromatic carbocycles. The molecule has 1 saturated carbocycles. The Balaban J connectivity index is 1.72. The number of hydrogen-bond donors (Lipinski definition) is 1. The molecule has 90 valence electrons. The number of amides is 3. The fourth-order valence-corrected chi connectivity index (χ4v) is 2.63. The van der Waals surface area contributed by atoms with E-state index in [-0.39, 0.29) is 11.9 Å². The van der Waals surface area contributed by atoms with E-state index in [0.29, 0.717) is 13.0 Å². The summed E-state index contributed by atoms with van der Waals surface area (Å²) in [5.41, 5.74) is 0. The number of hydrogen-bond acceptors (Lipinski definition) is 2. The van der Waals surface area contributed by atoms with Gasteiger partial charge >= 0.3 is 6.03 Å². The lowest BCUT2D eigenvalue weighted by atomic mass is 9.87. The minimum atomic E-state index is -0.202. The minimum absolute atomic E-state index is 0.140. The van der Waals surface area contributed by atoms with Crippen LogP contribution in [-0.4, -0.2) is 29.9 Å². The maximum atomic E-state index is 11.5. The van der Waals surface area contributed by atoms with Crippen LogP contribution in [0, 0.1) is 5.92 Å². The molecule has 1 saturated heterocycles. The highest BCUT2D eigenvalue weighted by Gasteiger charge is 2.23. The van der Waals surface area contributed by atoms with Crippen LogP contribution in [-0.2, 0) is 4.79 Å². The normalized spacial score (nSPS) is 23.4. The Kier molecular flexibility index (Phi) is 3.80. The highest BCUT2D eigenvalue weighted by Crippen LogP contribution is 2.26. The van der Waals surface area contributed by atoms with Crippen molar-refractivity contribution < 1.29 is 9.59 Å². The minimum Gasteiger partial charge on any atom is -0.324 e. The molecule has 0 unspecified atom stereocenters. The van der Waals surface area contributed by atoms with E-state index in [1.165, 1.54) is 32.1 Å². The van der Waals surface area contributed by atoms with Crippen molar-refractivity contribution in [3.63, 3.8) is 0 Å². The topological polar surface area (TPSA) is 49.4 Å². The first-order valence-electron chi connectivity index (χ1n) is 6.34. The van der Waals surface area contributed by atoms with Gasteiger partial charge in [0.25, 0.3) is 0 Å². The number of rotatable bonds is 3. The van der Waals surface area contributed by atoms with Crippen molar-refractivity contribution in [3.8, 4) is 0 Å². The van der Waals surface area contributed by atoms with Gasteiger partial charge in [-0.1, -0.05) is 32.1 Å². The molecule has 2 rings (SSSR count). The standard InChI is InChI=1S/C12H20N2O2/c15-11-7-9-14(12(16)13-11)8-6-10-4-2-1-3-5-10/h10H,1-9H2,(H,13,15,16). The summed E-state index contributed by atoms with van der Waals surface area (Å²) in [5.74, 6) is 0.651. The van der Waals surface area contributed by atoms with Gasteiger partial charge in [0.1, 0.15) is 0 Å². The second kappa shape index (κ2) is 5.32. The monoisotopic (exact) mass is 224 g/mol. The van der Waals surface area contributed by atoms with Crippen LogP contribution in [0.3, 0.4) is 0 Å². The van der Waals surface area contributed by atoms with Gasteiger partial charge < -0.3 is 4.90 Å². The van der Waals surface area contributed by atoms with Crippen molar-refractivity contribution in [2.45, 2.75) is 44.9 Å². The van der Waals surface area contributed by atoms with E-state index in [2.05, 4.69) is 5.32 Å². The predicted octanol–water partition coefficient (Wildman–Crippen LogP) is 1.90. The van der Waals surface area contributed by atoms with Crippen LogP contribution in [0.5, 0.6) is 0 Å². The van der Waals surface area contributed by atoms with Crippen LogP contribution < -0.4 is 5.32 Å². The third-order valence-corrected chi connectivity index (χ3v) is 3.67. The van der Waals surface area contributed by atoms with E-state index in [9.17, 15) is 9.59 Å². The quantitative estimate of drug-likeness (QED) is 0.796. The molecule has 2 aliphatic rings. The Labute approximate surface area is 96.4 Å². The highest BCUT2D eigenvalue weighted by molar-refractivity contribution is 5.96. The zero-order chi connectivity index (χ0) is 11.4. The summed E-state index contributed by atoms with van der Waals surface area (Å²) in [7, 11) is 0. The molecule has 1 heterocycles. The van der Waals surface area contributed by atoms with E-state index in [1.54, 1.807) is 4.90 Å². The number of imide groups is 1. The van der Waals surface area contributed by atoms with Crippen LogP contribution in [0.15, 0.2) is 0 Å². The van der Waals surface area contributed by atoms with Crippen molar-refractivity contribution in [2.24, 2.45) is 5.92 Å². The Morgan fingerprint density at radius 3 is 2.62 bits per heavy atom. The summed E-state index contributed by atoms with van der Waals surface area (Å²) in [6.07, 6.45) is 8.24. The van der Waals surface area contributed by atoms with Crippen molar-refractivity contribution in [3.05, 3.63) is 0 Å². The van der Waals surface area contributed by atoms with Crippen molar-refractivity contribution in [2.75, 3.05) is 13.1 Å². The average Bonchev–Trinajstić information content (AvgIpc) is 2.29. The zero-order valence-electron chi connectivity index (χ0n) is 9.71. The summed E-state index contributed by atoms with van der Waals surface area (Å²) in [6.45, 7) is 1.40. The van der Waals surface area contributed by atoms with Crippen LogP contribution >= 0.6 is 0 Å². The maximum Gasteiger partial charge on any atom is 0.324 e. The van der Waals surface area contributed by atoms with Crippen molar-refractivity contribution >= 4 is 11.9 Å². The predicted molar refractivity (Wildman–Crippen MR) is 60.9 cm³/mol. The summed E-state index contributed by atoms with van der Waals surface area (Å²) < 4.78 is 0. The van der Waals surface area contributed by atoms with E-state index in [4.69, 9.17) is 0 Å². The zero-order valence-corrected chi connectivity index (χ0v) is 9.71. The Bertz CT molecular complexity index is 272. The molecule has 3 amide bonds. The SMILES string of the molecule is O=C1CCN(CCC2CCCCC2)C(=O)N1. The van der Waals surface area contributed by atoms with Gasteiger partial charge in [0, 0.05) is 19.5 Å². The maximum absolute atomic E-state index is 11.5. The third kappa shape index (κ3) is 2.97. The average molecular weight is 224 g/mol. The molecule has 2 fully saturated rings. The molecule has 0 radical (unpaired) electrons. The first kappa shape index (κ1) is 11.4. The fraction of sp³-hybridized carbons (Fsp3) is 0.833. The number of nitrogens with zero attached hydrogens (tertiary/aromatic N) is 1.